The molecule has 1 heterocycles. The molecule has 1 aromatic heterocycles. The predicted molar refractivity (Wildman–Crippen MR) is 70.9 cm³/mol. The highest BCUT2D eigenvalue weighted by Crippen LogP contribution is 2.20. The SMILES string of the molecule is COC(=O)CN(C)C(=O)c1cc(-c2ccccc2)on1. The summed E-state index contributed by atoms with van der Waals surface area (Å²) in [4.78, 5) is 24.4. The van der Waals surface area contributed by atoms with E-state index in [9.17, 15) is 9.59 Å². The van der Waals surface area contributed by atoms with E-state index < -0.39 is 11.9 Å². The van der Waals surface area contributed by atoms with Gasteiger partial charge in [-0.1, -0.05) is 35.5 Å². The third-order valence-electron chi connectivity index (χ3n) is 2.73. The second-order valence-electron chi connectivity index (χ2n) is 4.18. The number of hydrogen-bond acceptors (Lipinski definition) is 5. The van der Waals surface area contributed by atoms with Gasteiger partial charge in [-0.2, -0.15) is 0 Å². The summed E-state index contributed by atoms with van der Waals surface area (Å²) in [6.45, 7) is -0.136. The number of methoxy groups -OCH3 is 1. The Balaban J connectivity index is 2.12. The minimum atomic E-state index is -0.493. The summed E-state index contributed by atoms with van der Waals surface area (Å²) in [5, 5.41) is 3.73. The molecule has 0 bridgehead atoms. The van der Waals surface area contributed by atoms with E-state index in [1.807, 2.05) is 30.3 Å². The highest BCUT2D eigenvalue weighted by molar-refractivity contribution is 5.94. The number of amides is 1. The Morgan fingerprint density at radius 1 is 1.30 bits per heavy atom. The summed E-state index contributed by atoms with van der Waals surface area (Å²) >= 11 is 0. The Morgan fingerprint density at radius 2 is 2.00 bits per heavy atom. The van der Waals surface area contributed by atoms with Crippen LogP contribution < -0.4 is 0 Å². The first kappa shape index (κ1) is 13.8. The molecule has 0 N–H and O–H groups in total. The van der Waals surface area contributed by atoms with E-state index >= 15 is 0 Å². The van der Waals surface area contributed by atoms with Crippen molar-refractivity contribution < 1.29 is 18.8 Å². The van der Waals surface area contributed by atoms with E-state index in [0.29, 0.717) is 5.76 Å². The first-order chi connectivity index (χ1) is 9.61. The standard InChI is InChI=1S/C14H14N2O4/c1-16(9-13(17)19-2)14(18)11-8-12(20-15-11)10-6-4-3-5-7-10/h3-8H,9H2,1-2H3. The van der Waals surface area contributed by atoms with Gasteiger partial charge >= 0.3 is 5.97 Å². The molecule has 0 aliphatic rings. The van der Waals surface area contributed by atoms with Gasteiger partial charge in [-0.3, -0.25) is 9.59 Å². The van der Waals surface area contributed by atoms with Gasteiger partial charge in [0.05, 0.1) is 7.11 Å². The average Bonchev–Trinajstić information content (AvgIpc) is 2.97. The maximum absolute atomic E-state index is 12.0. The molecule has 0 spiro atoms. The highest BCUT2D eigenvalue weighted by Gasteiger charge is 2.19. The van der Waals surface area contributed by atoms with Crippen LogP contribution in [0.5, 0.6) is 0 Å². The fourth-order valence-corrected chi connectivity index (χ4v) is 1.64. The van der Waals surface area contributed by atoms with Crippen LogP contribution >= 0.6 is 0 Å². The van der Waals surface area contributed by atoms with Crippen LogP contribution in [0, 0.1) is 0 Å². The quantitative estimate of drug-likeness (QED) is 0.791. The molecular formula is C14H14N2O4. The summed E-state index contributed by atoms with van der Waals surface area (Å²) in [7, 11) is 2.76. The van der Waals surface area contributed by atoms with Crippen LogP contribution in [0.15, 0.2) is 40.9 Å². The lowest BCUT2D eigenvalue weighted by Gasteiger charge is -2.13. The number of ether oxygens (including phenoxy) is 1. The topological polar surface area (TPSA) is 72.6 Å². The second-order valence-corrected chi connectivity index (χ2v) is 4.18. The monoisotopic (exact) mass is 274 g/mol. The van der Waals surface area contributed by atoms with Crippen molar-refractivity contribution in [3.63, 3.8) is 0 Å². The third kappa shape index (κ3) is 3.03. The predicted octanol–water partition coefficient (Wildman–Crippen LogP) is 1.59. The number of nitrogens with zero attached hydrogens (tertiary/aromatic N) is 2. The first-order valence-corrected chi connectivity index (χ1v) is 5.96. The van der Waals surface area contributed by atoms with Crippen LogP contribution in [0.3, 0.4) is 0 Å². The summed E-state index contributed by atoms with van der Waals surface area (Å²) in [5.41, 5.74) is 0.977. The van der Waals surface area contributed by atoms with Gasteiger partial charge in [0.1, 0.15) is 6.54 Å². The molecule has 2 aromatic rings. The molecule has 0 aliphatic carbocycles. The number of rotatable bonds is 4. The third-order valence-corrected chi connectivity index (χ3v) is 2.73. The molecule has 0 saturated carbocycles. The maximum atomic E-state index is 12.0. The molecule has 20 heavy (non-hydrogen) atoms. The van der Waals surface area contributed by atoms with Gasteiger partial charge in [-0.25, -0.2) is 0 Å². The van der Waals surface area contributed by atoms with Crippen LogP contribution in [0.1, 0.15) is 10.5 Å². The van der Waals surface area contributed by atoms with Crippen LogP contribution in [0.4, 0.5) is 0 Å². The van der Waals surface area contributed by atoms with Crippen molar-refractivity contribution in [3.8, 4) is 11.3 Å². The minimum absolute atomic E-state index is 0.136. The van der Waals surface area contributed by atoms with Gasteiger partial charge < -0.3 is 14.2 Å². The van der Waals surface area contributed by atoms with Crippen LogP contribution in [-0.4, -0.2) is 42.6 Å². The molecule has 0 unspecified atom stereocenters. The van der Waals surface area contributed by atoms with Gasteiger partial charge in [0, 0.05) is 18.7 Å². The number of benzene rings is 1. The number of likely N-dealkylation sites (N-methyl/N-ethyl adjacent to an activating group) is 1. The smallest absolute Gasteiger partial charge is 0.325 e. The Hall–Kier alpha value is -2.63. The van der Waals surface area contributed by atoms with Crippen LogP contribution in [0.25, 0.3) is 11.3 Å². The Bertz CT molecular complexity index is 607. The van der Waals surface area contributed by atoms with Gasteiger partial charge in [-0.15, -0.1) is 0 Å². The van der Waals surface area contributed by atoms with Crippen molar-refractivity contribution in [2.75, 3.05) is 20.7 Å². The number of carbonyl (C=O) groups is 2. The molecule has 0 aliphatic heterocycles. The van der Waals surface area contributed by atoms with Gasteiger partial charge in [0.2, 0.25) is 0 Å². The zero-order valence-corrected chi connectivity index (χ0v) is 11.2. The lowest BCUT2D eigenvalue weighted by atomic mass is 10.1. The van der Waals surface area contributed by atoms with E-state index in [1.54, 1.807) is 6.07 Å². The molecule has 0 atom stereocenters. The van der Waals surface area contributed by atoms with Crippen molar-refractivity contribution in [2.24, 2.45) is 0 Å². The molecule has 6 heteroatoms. The van der Waals surface area contributed by atoms with E-state index in [2.05, 4.69) is 9.89 Å². The average molecular weight is 274 g/mol. The molecule has 2 rings (SSSR count). The lowest BCUT2D eigenvalue weighted by Crippen LogP contribution is -2.32. The minimum Gasteiger partial charge on any atom is -0.468 e. The number of carbonyl (C=O) groups excluding carboxylic acids is 2. The van der Waals surface area contributed by atoms with Crippen LogP contribution in [-0.2, 0) is 9.53 Å². The second kappa shape index (κ2) is 6.01. The summed E-state index contributed by atoms with van der Waals surface area (Å²) in [6.07, 6.45) is 0. The van der Waals surface area contributed by atoms with Crippen LogP contribution in [0.2, 0.25) is 0 Å². The van der Waals surface area contributed by atoms with E-state index in [4.69, 9.17) is 4.52 Å². The zero-order chi connectivity index (χ0) is 14.5. The van der Waals surface area contributed by atoms with E-state index in [0.717, 1.165) is 5.56 Å². The lowest BCUT2D eigenvalue weighted by molar-refractivity contribution is -0.141. The van der Waals surface area contributed by atoms with Crippen molar-refractivity contribution in [3.05, 3.63) is 42.1 Å². The molecule has 6 nitrogen and oxygen atoms in total. The fraction of sp³-hybridized carbons (Fsp3) is 0.214. The fourth-order valence-electron chi connectivity index (χ4n) is 1.64. The molecule has 0 fully saturated rings. The molecule has 1 aromatic carbocycles. The van der Waals surface area contributed by atoms with Crippen molar-refractivity contribution in [1.82, 2.24) is 10.1 Å². The van der Waals surface area contributed by atoms with Gasteiger partial charge in [-0.05, 0) is 0 Å². The number of aromatic nitrogens is 1. The van der Waals surface area contributed by atoms with Gasteiger partial charge in [0.25, 0.3) is 5.91 Å². The zero-order valence-electron chi connectivity index (χ0n) is 11.2. The van der Waals surface area contributed by atoms with Crippen molar-refractivity contribution >= 4 is 11.9 Å². The highest BCUT2D eigenvalue weighted by atomic mass is 16.5. The van der Waals surface area contributed by atoms with Crippen molar-refractivity contribution in [2.45, 2.75) is 0 Å². The number of esters is 1. The Kier molecular flexibility index (Phi) is 4.14. The molecular weight excluding hydrogens is 260 g/mol. The van der Waals surface area contributed by atoms with E-state index in [1.165, 1.54) is 19.1 Å². The summed E-state index contributed by atoms with van der Waals surface area (Å²) < 4.78 is 9.64. The molecule has 104 valence electrons. The molecule has 1 amide bonds. The summed E-state index contributed by atoms with van der Waals surface area (Å²) in [6, 6.07) is 10.9. The molecule has 0 radical (unpaired) electrons. The van der Waals surface area contributed by atoms with Crippen molar-refractivity contribution in [1.29, 1.82) is 0 Å². The Labute approximate surface area is 115 Å². The largest absolute Gasteiger partial charge is 0.468 e. The summed E-state index contributed by atoms with van der Waals surface area (Å²) in [5.74, 6) is -0.394. The number of hydrogen-bond donors (Lipinski definition) is 0. The van der Waals surface area contributed by atoms with Gasteiger partial charge in [0.15, 0.2) is 11.5 Å². The first-order valence-electron chi connectivity index (χ1n) is 5.96. The normalized spacial score (nSPS) is 10.1. The Morgan fingerprint density at radius 3 is 2.65 bits per heavy atom. The maximum Gasteiger partial charge on any atom is 0.325 e. The van der Waals surface area contributed by atoms with E-state index in [-0.39, 0.29) is 12.2 Å². The molecule has 0 saturated heterocycles.